The van der Waals surface area contributed by atoms with Crippen LogP contribution in [0.5, 0.6) is 0 Å². The van der Waals surface area contributed by atoms with E-state index in [4.69, 9.17) is 0 Å². The summed E-state index contributed by atoms with van der Waals surface area (Å²) in [5.41, 5.74) is -0.172. The van der Waals surface area contributed by atoms with Crippen LogP contribution in [0.25, 0.3) is 0 Å². The number of hydrogen-bond donors (Lipinski definition) is 2. The highest BCUT2D eigenvalue weighted by Crippen LogP contribution is 2.66. The van der Waals surface area contributed by atoms with Crippen LogP contribution in [0.4, 0.5) is 0 Å². The zero-order chi connectivity index (χ0) is 21.3. The van der Waals surface area contributed by atoms with Crippen molar-refractivity contribution in [2.24, 2.45) is 34.5 Å². The van der Waals surface area contributed by atoms with Gasteiger partial charge < -0.3 is 10.4 Å². The van der Waals surface area contributed by atoms with E-state index >= 15 is 0 Å². The molecule has 0 bridgehead atoms. The van der Waals surface area contributed by atoms with Crippen LogP contribution < -0.4 is 5.32 Å². The van der Waals surface area contributed by atoms with Crippen molar-refractivity contribution < 1.29 is 9.90 Å². The van der Waals surface area contributed by atoms with Gasteiger partial charge in [-0.1, -0.05) is 13.8 Å². The van der Waals surface area contributed by atoms with Gasteiger partial charge in [-0.2, -0.15) is 0 Å². The molecule has 5 aliphatic rings. The predicted molar refractivity (Wildman–Crippen MR) is 120 cm³/mol. The summed E-state index contributed by atoms with van der Waals surface area (Å²) in [4.78, 5) is 15.2. The Morgan fingerprint density at radius 1 is 1.07 bits per heavy atom. The summed E-state index contributed by atoms with van der Waals surface area (Å²) in [6.07, 6.45) is 9.97. The van der Waals surface area contributed by atoms with E-state index in [1.165, 1.54) is 25.7 Å². The number of nitrogens with zero attached hydrogens (tertiary/aromatic N) is 1. The van der Waals surface area contributed by atoms with Crippen molar-refractivity contribution in [2.75, 3.05) is 19.6 Å². The van der Waals surface area contributed by atoms with E-state index in [0.29, 0.717) is 35.1 Å². The van der Waals surface area contributed by atoms with Gasteiger partial charge in [0, 0.05) is 43.6 Å². The van der Waals surface area contributed by atoms with Crippen molar-refractivity contribution in [3.63, 3.8) is 0 Å². The molecule has 1 saturated heterocycles. The van der Waals surface area contributed by atoms with E-state index in [9.17, 15) is 9.90 Å². The second-order valence-corrected chi connectivity index (χ2v) is 12.6. The smallest absolute Gasteiger partial charge is 0.139 e. The van der Waals surface area contributed by atoms with Crippen molar-refractivity contribution in [3.05, 3.63) is 0 Å². The number of rotatable bonds is 2. The van der Waals surface area contributed by atoms with E-state index in [2.05, 4.69) is 37.9 Å². The number of ketones is 1. The molecule has 1 aliphatic heterocycles. The lowest BCUT2D eigenvalue weighted by molar-refractivity contribution is -0.158. The van der Waals surface area contributed by atoms with Gasteiger partial charge in [-0.3, -0.25) is 9.69 Å². The summed E-state index contributed by atoms with van der Waals surface area (Å²) in [6, 6.07) is 1.02. The number of fused-ring (bicyclic) bond motifs is 5. The van der Waals surface area contributed by atoms with Crippen LogP contribution in [0.15, 0.2) is 0 Å². The fraction of sp³-hybridized carbons (Fsp3) is 0.962. The standard InChI is InChI=1S/C26H44N2O2/c1-17-15-28(18(2)14-27-17)16-26(30)12-11-24(3)19(13-26)5-6-20-21-7-8-23(29)25(21,4)10-9-22(20)24/h17-22,27,30H,5-16H2,1-4H3/t17?,18?,19?,20?,21?,22?,24-,25-,26+/m0/s1. The van der Waals surface area contributed by atoms with Gasteiger partial charge in [0.15, 0.2) is 0 Å². The van der Waals surface area contributed by atoms with Crippen LogP contribution in [0, 0.1) is 34.5 Å². The second-order valence-electron chi connectivity index (χ2n) is 12.6. The normalized spacial score (nSPS) is 54.4. The first kappa shape index (κ1) is 21.4. The lowest BCUT2D eigenvalue weighted by atomic mass is 9.44. The topological polar surface area (TPSA) is 52.6 Å². The number of hydrogen-bond acceptors (Lipinski definition) is 4. The number of aliphatic hydroxyl groups is 1. The summed E-state index contributed by atoms with van der Waals surface area (Å²) < 4.78 is 0. The molecule has 2 N–H and O–H groups in total. The number of β-amino-alcohol motifs (C(OH)–C–C–N with tert-alkyl or cyclic N) is 1. The van der Waals surface area contributed by atoms with Crippen LogP contribution in [0.2, 0.25) is 0 Å². The second kappa shape index (κ2) is 7.28. The molecule has 6 unspecified atom stereocenters. The van der Waals surface area contributed by atoms with Crippen molar-refractivity contribution in [1.29, 1.82) is 0 Å². The molecule has 0 aromatic carbocycles. The number of piperazine rings is 1. The van der Waals surface area contributed by atoms with Crippen LogP contribution in [0.1, 0.15) is 85.5 Å². The van der Waals surface area contributed by atoms with E-state index in [1.807, 2.05) is 0 Å². The van der Waals surface area contributed by atoms with Crippen LogP contribution in [-0.4, -0.2) is 53.1 Å². The maximum atomic E-state index is 12.6. The predicted octanol–water partition coefficient (Wildman–Crippen LogP) is 4.01. The minimum atomic E-state index is -0.519. The molecular formula is C26H44N2O2. The van der Waals surface area contributed by atoms with E-state index in [-0.39, 0.29) is 5.41 Å². The third-order valence-corrected chi connectivity index (χ3v) is 10.9. The molecule has 0 spiro atoms. The molecule has 0 amide bonds. The van der Waals surface area contributed by atoms with Gasteiger partial charge in [-0.25, -0.2) is 0 Å². The van der Waals surface area contributed by atoms with Gasteiger partial charge in [0.1, 0.15) is 5.78 Å². The number of nitrogens with one attached hydrogen (secondary N) is 1. The highest BCUT2D eigenvalue weighted by atomic mass is 16.3. The van der Waals surface area contributed by atoms with E-state index in [1.54, 1.807) is 0 Å². The molecule has 170 valence electrons. The van der Waals surface area contributed by atoms with Gasteiger partial charge >= 0.3 is 0 Å². The summed E-state index contributed by atoms with van der Waals surface area (Å²) in [5.74, 6) is 3.34. The molecule has 4 saturated carbocycles. The monoisotopic (exact) mass is 416 g/mol. The summed E-state index contributed by atoms with van der Waals surface area (Å²) in [5, 5.41) is 15.3. The molecule has 5 rings (SSSR count). The average molecular weight is 417 g/mol. The van der Waals surface area contributed by atoms with Crippen molar-refractivity contribution >= 4 is 5.78 Å². The Labute approximate surface area is 183 Å². The summed E-state index contributed by atoms with van der Waals surface area (Å²) in [7, 11) is 0. The molecule has 0 aromatic heterocycles. The molecule has 0 radical (unpaired) electrons. The van der Waals surface area contributed by atoms with Crippen molar-refractivity contribution in [1.82, 2.24) is 10.2 Å². The molecule has 30 heavy (non-hydrogen) atoms. The minimum Gasteiger partial charge on any atom is -0.389 e. The molecule has 1 heterocycles. The highest BCUT2D eigenvalue weighted by Gasteiger charge is 2.61. The largest absolute Gasteiger partial charge is 0.389 e. The maximum Gasteiger partial charge on any atom is 0.139 e. The fourth-order valence-electron chi connectivity index (χ4n) is 8.93. The average Bonchev–Trinajstić information content (AvgIpc) is 3.00. The Hall–Kier alpha value is -0.450. The molecule has 5 fully saturated rings. The number of Topliss-reactive ketones (excluding diaryl/α,β-unsaturated/α-hetero) is 1. The third-order valence-electron chi connectivity index (χ3n) is 10.9. The molecule has 9 atom stereocenters. The molecule has 0 aromatic rings. The van der Waals surface area contributed by atoms with Crippen LogP contribution >= 0.6 is 0 Å². The highest BCUT2D eigenvalue weighted by molar-refractivity contribution is 5.87. The van der Waals surface area contributed by atoms with Gasteiger partial charge in [0.25, 0.3) is 0 Å². The Bertz CT molecular complexity index is 697. The lowest BCUT2D eigenvalue weighted by Gasteiger charge is -2.61. The maximum absolute atomic E-state index is 12.6. The Kier molecular flexibility index (Phi) is 5.19. The lowest BCUT2D eigenvalue weighted by Crippen LogP contribution is -2.61. The first-order valence-corrected chi connectivity index (χ1v) is 12.9. The zero-order valence-corrected chi connectivity index (χ0v) is 19.8. The van der Waals surface area contributed by atoms with Gasteiger partial charge in [0.05, 0.1) is 5.60 Å². The summed E-state index contributed by atoms with van der Waals surface area (Å²) in [6.45, 7) is 12.3. The SMILES string of the molecule is CC1CN(C[C@@]2(O)CC[C@@]3(C)C(CCC4C3CC[C@]3(C)C(=O)CCC43)C2)C(C)CN1. The van der Waals surface area contributed by atoms with Crippen LogP contribution in [-0.2, 0) is 4.79 Å². The quantitative estimate of drug-likeness (QED) is 0.714. The van der Waals surface area contributed by atoms with E-state index < -0.39 is 5.60 Å². The molecule has 4 aliphatic carbocycles. The van der Waals surface area contributed by atoms with E-state index in [0.717, 1.165) is 63.6 Å². The molecular weight excluding hydrogens is 372 g/mol. The van der Waals surface area contributed by atoms with Crippen LogP contribution in [0.3, 0.4) is 0 Å². The summed E-state index contributed by atoms with van der Waals surface area (Å²) >= 11 is 0. The van der Waals surface area contributed by atoms with Gasteiger partial charge in [-0.05, 0) is 94.3 Å². The number of carbonyl (C=O) groups is 1. The number of carbonyl (C=O) groups excluding carboxylic acids is 1. The Morgan fingerprint density at radius 3 is 2.67 bits per heavy atom. The Balaban J connectivity index is 1.31. The fourth-order valence-corrected chi connectivity index (χ4v) is 8.93. The molecule has 4 heteroatoms. The van der Waals surface area contributed by atoms with Crippen molar-refractivity contribution in [2.45, 2.75) is 103 Å². The zero-order valence-electron chi connectivity index (χ0n) is 19.8. The van der Waals surface area contributed by atoms with Gasteiger partial charge in [0.2, 0.25) is 0 Å². The minimum absolute atomic E-state index is 0.0190. The molecule has 4 nitrogen and oxygen atoms in total. The third kappa shape index (κ3) is 3.23. The van der Waals surface area contributed by atoms with Crippen molar-refractivity contribution in [3.8, 4) is 0 Å². The first-order valence-electron chi connectivity index (χ1n) is 12.9. The first-order chi connectivity index (χ1) is 14.1. The van der Waals surface area contributed by atoms with Gasteiger partial charge in [-0.15, -0.1) is 0 Å². The Morgan fingerprint density at radius 2 is 1.87 bits per heavy atom.